The second-order valence-electron chi connectivity index (χ2n) is 3.51. The van der Waals surface area contributed by atoms with Crippen LogP contribution in [0.1, 0.15) is 17.3 Å². The molecule has 1 aromatic carbocycles. The molecule has 1 atom stereocenters. The number of carbonyl (C=O) groups is 1. The van der Waals surface area contributed by atoms with Gasteiger partial charge in [0, 0.05) is 0 Å². The summed E-state index contributed by atoms with van der Waals surface area (Å²) >= 11 is 6.03. The van der Waals surface area contributed by atoms with Crippen molar-refractivity contribution >= 4 is 44.8 Å². The van der Waals surface area contributed by atoms with Gasteiger partial charge in [0.05, 0.1) is 22.6 Å². The number of para-hydroxylation sites is 1. The summed E-state index contributed by atoms with van der Waals surface area (Å²) in [4.78, 5) is 15.0. The van der Waals surface area contributed by atoms with E-state index in [1.165, 1.54) is 11.3 Å². The molecular weight excluding hydrogens is 258 g/mol. The van der Waals surface area contributed by atoms with E-state index in [2.05, 4.69) is 17.2 Å². The zero-order valence-corrected chi connectivity index (χ0v) is 10.3. The van der Waals surface area contributed by atoms with Crippen LogP contribution in [0.4, 0.5) is 0 Å². The highest BCUT2D eigenvalue weighted by atomic mass is 32.1. The van der Waals surface area contributed by atoms with Crippen LogP contribution in [0.25, 0.3) is 10.2 Å². The first kappa shape index (κ1) is 11.9. The highest BCUT2D eigenvalue weighted by molar-refractivity contribution is 7.80. The summed E-state index contributed by atoms with van der Waals surface area (Å²) in [6.45, 7) is 0. The van der Waals surface area contributed by atoms with Crippen molar-refractivity contribution in [2.45, 2.75) is 12.3 Å². The van der Waals surface area contributed by atoms with Gasteiger partial charge in [0.1, 0.15) is 5.01 Å². The lowest BCUT2D eigenvalue weighted by molar-refractivity contribution is -0.137. The summed E-state index contributed by atoms with van der Waals surface area (Å²) in [5.74, 6) is -1.72. The van der Waals surface area contributed by atoms with Crippen LogP contribution in [0.5, 0.6) is 0 Å². The van der Waals surface area contributed by atoms with Gasteiger partial charge in [0.15, 0.2) is 5.05 Å². The molecule has 2 aromatic rings. The van der Waals surface area contributed by atoms with Gasteiger partial charge in [-0.15, -0.1) is 11.3 Å². The third-order valence-electron chi connectivity index (χ3n) is 2.29. The Bertz CT molecular complexity index is 546. The molecule has 0 bridgehead atoms. The fourth-order valence-corrected chi connectivity index (χ4v) is 2.83. The number of nitrogens with zero attached hydrogens (tertiary/aromatic N) is 1. The first-order valence-electron chi connectivity index (χ1n) is 4.88. The molecule has 6 heteroatoms. The molecule has 0 aliphatic heterocycles. The van der Waals surface area contributed by atoms with Gasteiger partial charge < -0.3 is 10.2 Å². The lowest BCUT2D eigenvalue weighted by Crippen LogP contribution is -2.14. The van der Waals surface area contributed by atoms with Gasteiger partial charge in [0.25, 0.3) is 0 Å². The highest BCUT2D eigenvalue weighted by Crippen LogP contribution is 2.29. The van der Waals surface area contributed by atoms with Crippen LogP contribution in [-0.4, -0.2) is 26.2 Å². The van der Waals surface area contributed by atoms with E-state index in [-0.39, 0.29) is 11.5 Å². The number of fused-ring (bicyclic) bond motifs is 1. The van der Waals surface area contributed by atoms with E-state index < -0.39 is 11.9 Å². The van der Waals surface area contributed by atoms with Gasteiger partial charge in [-0.1, -0.05) is 12.1 Å². The third-order valence-corrected chi connectivity index (χ3v) is 3.72. The summed E-state index contributed by atoms with van der Waals surface area (Å²) in [6, 6.07) is 7.48. The van der Waals surface area contributed by atoms with Crippen LogP contribution in [0.3, 0.4) is 0 Å². The molecule has 0 saturated carbocycles. The summed E-state index contributed by atoms with van der Waals surface area (Å²) in [6.07, 6.45) is -0.241. The van der Waals surface area contributed by atoms with E-state index in [9.17, 15) is 9.90 Å². The Kier molecular flexibility index (Phi) is 3.35. The minimum Gasteiger partial charge on any atom is -0.501 e. The monoisotopic (exact) mass is 267 g/mol. The number of rotatable bonds is 4. The predicted molar refractivity (Wildman–Crippen MR) is 69.8 cm³/mol. The molecule has 88 valence electrons. The van der Waals surface area contributed by atoms with Gasteiger partial charge in [-0.3, -0.25) is 4.79 Å². The Morgan fingerprint density at radius 1 is 1.41 bits per heavy atom. The number of hydrogen-bond donors (Lipinski definition) is 2. The van der Waals surface area contributed by atoms with Crippen LogP contribution < -0.4 is 0 Å². The van der Waals surface area contributed by atoms with Crippen molar-refractivity contribution in [3.8, 4) is 0 Å². The molecule has 2 rings (SSSR count). The molecule has 0 spiro atoms. The van der Waals surface area contributed by atoms with Crippen molar-refractivity contribution in [1.82, 2.24) is 4.98 Å². The second kappa shape index (κ2) is 4.77. The molecular formula is C11H9NO3S2. The Hall–Kier alpha value is -1.53. The number of aromatic nitrogens is 1. The van der Waals surface area contributed by atoms with E-state index in [0.717, 1.165) is 10.2 Å². The summed E-state index contributed by atoms with van der Waals surface area (Å²) < 4.78 is 0.953. The zero-order valence-electron chi connectivity index (χ0n) is 8.66. The molecule has 4 nitrogen and oxygen atoms in total. The topological polar surface area (TPSA) is 70.4 Å². The van der Waals surface area contributed by atoms with Crippen molar-refractivity contribution in [2.24, 2.45) is 0 Å². The maximum absolute atomic E-state index is 10.7. The number of carboxylic acids is 1. The molecule has 0 fully saturated rings. The van der Waals surface area contributed by atoms with E-state index in [4.69, 9.17) is 5.11 Å². The number of aliphatic carboxylic acids is 1. The molecule has 1 heterocycles. The predicted octanol–water partition coefficient (Wildman–Crippen LogP) is 2.74. The van der Waals surface area contributed by atoms with E-state index >= 15 is 0 Å². The quantitative estimate of drug-likeness (QED) is 0.833. The molecule has 0 aliphatic rings. The first-order valence-corrected chi connectivity index (χ1v) is 6.10. The molecule has 17 heavy (non-hydrogen) atoms. The number of hydrogen-bond acceptors (Lipinski definition) is 4. The van der Waals surface area contributed by atoms with Crippen molar-refractivity contribution in [3.63, 3.8) is 0 Å². The minimum absolute atomic E-state index is 0.241. The second-order valence-corrected chi connectivity index (χ2v) is 4.99. The molecule has 0 saturated heterocycles. The molecule has 0 amide bonds. The average Bonchev–Trinajstić information content (AvgIpc) is 2.68. The highest BCUT2D eigenvalue weighted by Gasteiger charge is 2.23. The lowest BCUT2D eigenvalue weighted by Gasteiger charge is -2.07. The zero-order chi connectivity index (χ0) is 12.4. The summed E-state index contributed by atoms with van der Waals surface area (Å²) in [5.41, 5.74) is 0.791. The van der Waals surface area contributed by atoms with Crippen molar-refractivity contribution in [3.05, 3.63) is 29.3 Å². The molecule has 1 unspecified atom stereocenters. The van der Waals surface area contributed by atoms with Gasteiger partial charge in [-0.05, 0) is 24.4 Å². The lowest BCUT2D eigenvalue weighted by atomic mass is 10.1. The van der Waals surface area contributed by atoms with Crippen LogP contribution >= 0.6 is 23.6 Å². The summed E-state index contributed by atoms with van der Waals surface area (Å²) in [7, 11) is 0. The van der Waals surface area contributed by atoms with Crippen molar-refractivity contribution < 1.29 is 15.0 Å². The number of carboxylic acid groups (broad SMARTS) is 1. The minimum atomic E-state index is -1.01. The number of thiazole rings is 1. The molecule has 2 N–H and O–H groups in total. The Labute approximate surface area is 107 Å². The van der Waals surface area contributed by atoms with Crippen LogP contribution in [0.15, 0.2) is 24.3 Å². The van der Waals surface area contributed by atoms with Gasteiger partial charge in [-0.25, -0.2) is 4.98 Å². The number of aliphatic hydroxyl groups excluding tert-OH is 1. The number of thiocarbonyl (C=S) groups is 1. The van der Waals surface area contributed by atoms with Crippen LogP contribution in [0, 0.1) is 0 Å². The molecule has 0 aliphatic carbocycles. The molecule has 0 radical (unpaired) electrons. The third kappa shape index (κ3) is 2.59. The Morgan fingerprint density at radius 2 is 2.12 bits per heavy atom. The fourth-order valence-electron chi connectivity index (χ4n) is 1.49. The van der Waals surface area contributed by atoms with Gasteiger partial charge in [0.2, 0.25) is 0 Å². The maximum Gasteiger partial charge on any atom is 0.304 e. The molecule has 1 aromatic heterocycles. The largest absolute Gasteiger partial charge is 0.501 e. The number of benzene rings is 1. The number of aliphatic hydroxyl groups is 1. The Morgan fingerprint density at radius 3 is 2.71 bits per heavy atom. The van der Waals surface area contributed by atoms with Gasteiger partial charge >= 0.3 is 5.97 Å². The first-order chi connectivity index (χ1) is 8.08. The smallest absolute Gasteiger partial charge is 0.304 e. The van der Waals surface area contributed by atoms with E-state index in [1.807, 2.05) is 24.3 Å². The maximum atomic E-state index is 10.7. The van der Waals surface area contributed by atoms with Crippen molar-refractivity contribution in [2.75, 3.05) is 0 Å². The van der Waals surface area contributed by atoms with Crippen molar-refractivity contribution in [1.29, 1.82) is 0 Å². The Balaban J connectivity index is 2.41. The van der Waals surface area contributed by atoms with Crippen LogP contribution in [-0.2, 0) is 4.79 Å². The average molecular weight is 267 g/mol. The van der Waals surface area contributed by atoms with E-state index in [0.29, 0.717) is 5.01 Å². The van der Waals surface area contributed by atoms with Gasteiger partial charge in [-0.2, -0.15) is 0 Å². The van der Waals surface area contributed by atoms with E-state index in [1.54, 1.807) is 0 Å². The fraction of sp³-hybridized carbons (Fsp3) is 0.182. The SMILES string of the molecule is O=C(O)CC(C(O)=S)c1nc2ccccc2s1. The standard InChI is InChI=1S/C11H9NO3S2/c13-9(14)5-6(11(15)16)10-12-7-3-1-2-4-8(7)17-10/h1-4,6H,5H2,(H,13,14)(H,15,16). The normalized spacial score (nSPS) is 12.5. The van der Waals surface area contributed by atoms with Crippen LogP contribution in [0.2, 0.25) is 0 Å². The summed E-state index contributed by atoms with van der Waals surface area (Å²) in [5, 5.41) is 18.4.